The highest BCUT2D eigenvalue weighted by atomic mass is 79.9. The molecule has 1 N–H and O–H groups in total. The molecule has 0 spiro atoms. The van der Waals surface area contributed by atoms with E-state index in [1.54, 1.807) is 12.1 Å². The zero-order valence-electron chi connectivity index (χ0n) is 14.8. The molecule has 0 aliphatic rings. The fourth-order valence-corrected chi connectivity index (χ4v) is 3.36. The standard InChI is InChI=1S/C22H20FN3.BrH/c23-19-11-5-4-10-18(19)16-26-21-13-7-6-12-20(21)25(22(26)24)15-14-17-8-2-1-3-9-17;/h1-13,24H,14-16H2;1H/p-1. The van der Waals surface area contributed by atoms with Gasteiger partial charge in [0.05, 0.1) is 17.6 Å². The molecule has 5 heteroatoms. The van der Waals surface area contributed by atoms with Crippen LogP contribution < -0.4 is 22.6 Å². The Kier molecular flexibility index (Phi) is 5.91. The van der Waals surface area contributed by atoms with Gasteiger partial charge in [-0.05, 0) is 30.2 Å². The molecular weight excluding hydrogens is 405 g/mol. The Labute approximate surface area is 168 Å². The minimum absolute atomic E-state index is 0. The van der Waals surface area contributed by atoms with Crippen molar-refractivity contribution in [3.8, 4) is 0 Å². The van der Waals surface area contributed by atoms with Crippen LogP contribution in [0, 0.1) is 11.2 Å². The number of rotatable bonds is 5. The second-order valence-electron chi connectivity index (χ2n) is 6.38. The number of imidazole rings is 1. The molecule has 0 unspecified atom stereocenters. The Morgan fingerprint density at radius 2 is 1.33 bits per heavy atom. The maximum atomic E-state index is 14.1. The molecule has 0 radical (unpaired) electrons. The molecule has 0 fully saturated rings. The first-order chi connectivity index (χ1) is 12.7. The number of aryl methyl sites for hydroxylation is 2. The van der Waals surface area contributed by atoms with E-state index in [-0.39, 0.29) is 22.8 Å². The van der Waals surface area contributed by atoms with Gasteiger partial charge in [-0.15, -0.1) is 0 Å². The summed E-state index contributed by atoms with van der Waals surface area (Å²) in [7, 11) is 0. The molecule has 0 bridgehead atoms. The molecule has 1 aromatic heterocycles. The summed E-state index contributed by atoms with van der Waals surface area (Å²) in [5, 5.41) is 8.66. The average molecular weight is 425 g/mol. The summed E-state index contributed by atoms with van der Waals surface area (Å²) >= 11 is 0. The number of hydrogen-bond acceptors (Lipinski definition) is 1. The summed E-state index contributed by atoms with van der Waals surface area (Å²) in [5.74, 6) is -0.236. The molecule has 138 valence electrons. The largest absolute Gasteiger partial charge is 1.00 e. The molecule has 27 heavy (non-hydrogen) atoms. The Morgan fingerprint density at radius 1 is 0.741 bits per heavy atom. The van der Waals surface area contributed by atoms with E-state index in [2.05, 4.69) is 12.1 Å². The van der Waals surface area contributed by atoms with Gasteiger partial charge in [-0.2, -0.15) is 0 Å². The Hall–Kier alpha value is -2.66. The smallest absolute Gasteiger partial charge is 0.203 e. The topological polar surface area (TPSA) is 33.7 Å². The van der Waals surface area contributed by atoms with Crippen LogP contribution in [0.25, 0.3) is 11.0 Å². The molecule has 0 aliphatic heterocycles. The number of halogens is 2. The highest BCUT2D eigenvalue weighted by Crippen LogP contribution is 2.16. The van der Waals surface area contributed by atoms with Crippen molar-refractivity contribution in [2.45, 2.75) is 19.5 Å². The minimum atomic E-state index is -0.236. The van der Waals surface area contributed by atoms with Gasteiger partial charge >= 0.3 is 0 Å². The lowest BCUT2D eigenvalue weighted by Crippen LogP contribution is -3.00. The van der Waals surface area contributed by atoms with Crippen LogP contribution >= 0.6 is 0 Å². The summed E-state index contributed by atoms with van der Waals surface area (Å²) in [5.41, 5.74) is 4.19. The summed E-state index contributed by atoms with van der Waals surface area (Å²) in [6.07, 6.45) is 0.852. The fraction of sp³-hybridized carbons (Fsp3) is 0.136. The van der Waals surface area contributed by atoms with Crippen molar-refractivity contribution in [2.24, 2.45) is 0 Å². The summed E-state index contributed by atoms with van der Waals surface area (Å²) in [6, 6.07) is 25.0. The van der Waals surface area contributed by atoms with Crippen LogP contribution in [0.3, 0.4) is 0 Å². The zero-order chi connectivity index (χ0) is 17.9. The first-order valence-electron chi connectivity index (χ1n) is 8.74. The number of hydrogen-bond donors (Lipinski definition) is 1. The van der Waals surface area contributed by atoms with Gasteiger partial charge in [0, 0.05) is 12.1 Å². The SMILES string of the molecule is N=c1n(CCc2ccccc2)c2ccccc2n1Cc1ccccc1F.[Br-]. The van der Waals surface area contributed by atoms with Gasteiger partial charge in [0.15, 0.2) is 0 Å². The van der Waals surface area contributed by atoms with E-state index < -0.39 is 0 Å². The number of nitrogens with one attached hydrogen (secondary N) is 1. The quantitative estimate of drug-likeness (QED) is 0.501. The molecule has 4 aromatic rings. The van der Waals surface area contributed by atoms with Crippen LogP contribution in [0.2, 0.25) is 0 Å². The third-order valence-corrected chi connectivity index (χ3v) is 4.73. The van der Waals surface area contributed by atoms with Gasteiger partial charge in [0.1, 0.15) is 5.82 Å². The number of para-hydroxylation sites is 2. The predicted molar refractivity (Wildman–Crippen MR) is 101 cm³/mol. The second-order valence-corrected chi connectivity index (χ2v) is 6.38. The Balaban J connectivity index is 0.00000210. The van der Waals surface area contributed by atoms with E-state index >= 15 is 0 Å². The van der Waals surface area contributed by atoms with Gasteiger partial charge in [-0.3, -0.25) is 5.41 Å². The van der Waals surface area contributed by atoms with Crippen LogP contribution in [0.4, 0.5) is 4.39 Å². The lowest BCUT2D eigenvalue weighted by Gasteiger charge is -2.06. The molecule has 0 atom stereocenters. The van der Waals surface area contributed by atoms with Gasteiger partial charge in [0.25, 0.3) is 0 Å². The van der Waals surface area contributed by atoms with Crippen LogP contribution in [-0.2, 0) is 19.5 Å². The highest BCUT2D eigenvalue weighted by molar-refractivity contribution is 5.76. The zero-order valence-corrected chi connectivity index (χ0v) is 16.4. The Morgan fingerprint density at radius 3 is 2.04 bits per heavy atom. The molecule has 1 heterocycles. The lowest BCUT2D eigenvalue weighted by atomic mass is 10.1. The van der Waals surface area contributed by atoms with Crippen molar-refractivity contribution in [1.29, 1.82) is 5.41 Å². The first kappa shape index (κ1) is 19.1. The Bertz CT molecular complexity index is 1100. The highest BCUT2D eigenvalue weighted by Gasteiger charge is 2.12. The van der Waals surface area contributed by atoms with E-state index in [1.807, 2.05) is 57.7 Å². The van der Waals surface area contributed by atoms with E-state index in [1.165, 1.54) is 11.6 Å². The van der Waals surface area contributed by atoms with Crippen LogP contribution in [0.1, 0.15) is 11.1 Å². The van der Waals surface area contributed by atoms with Crippen molar-refractivity contribution >= 4 is 11.0 Å². The second kappa shape index (κ2) is 8.35. The third-order valence-electron chi connectivity index (χ3n) is 4.73. The van der Waals surface area contributed by atoms with Crippen molar-refractivity contribution < 1.29 is 21.4 Å². The number of fused-ring (bicyclic) bond motifs is 1. The third kappa shape index (κ3) is 3.88. The minimum Gasteiger partial charge on any atom is -1.00 e. The van der Waals surface area contributed by atoms with Crippen molar-refractivity contribution in [1.82, 2.24) is 9.13 Å². The van der Waals surface area contributed by atoms with Crippen LogP contribution in [0.5, 0.6) is 0 Å². The molecule has 0 saturated carbocycles. The van der Waals surface area contributed by atoms with E-state index in [0.717, 1.165) is 17.5 Å². The van der Waals surface area contributed by atoms with E-state index in [0.29, 0.717) is 24.3 Å². The maximum Gasteiger partial charge on any atom is 0.203 e. The summed E-state index contributed by atoms with van der Waals surface area (Å²) in [6.45, 7) is 1.07. The molecule has 0 amide bonds. The monoisotopic (exact) mass is 424 g/mol. The van der Waals surface area contributed by atoms with Crippen molar-refractivity contribution in [3.05, 3.63) is 101 Å². The fourth-order valence-electron chi connectivity index (χ4n) is 3.36. The predicted octanol–water partition coefficient (Wildman–Crippen LogP) is 1.36. The molecule has 4 rings (SSSR count). The maximum absolute atomic E-state index is 14.1. The van der Waals surface area contributed by atoms with Gasteiger partial charge in [-0.1, -0.05) is 60.7 Å². The van der Waals surface area contributed by atoms with E-state index in [9.17, 15) is 4.39 Å². The lowest BCUT2D eigenvalue weighted by molar-refractivity contribution is -0.00000602. The molecule has 0 saturated heterocycles. The average Bonchev–Trinajstić information content (AvgIpc) is 2.94. The number of benzene rings is 3. The number of aromatic nitrogens is 2. The van der Waals surface area contributed by atoms with E-state index in [4.69, 9.17) is 5.41 Å². The van der Waals surface area contributed by atoms with Gasteiger partial charge in [-0.25, -0.2) is 4.39 Å². The van der Waals surface area contributed by atoms with Gasteiger partial charge in [0.2, 0.25) is 5.62 Å². The molecule has 0 aliphatic carbocycles. The van der Waals surface area contributed by atoms with Gasteiger partial charge < -0.3 is 26.1 Å². The van der Waals surface area contributed by atoms with Crippen LogP contribution in [-0.4, -0.2) is 9.13 Å². The van der Waals surface area contributed by atoms with Crippen LogP contribution in [0.15, 0.2) is 78.9 Å². The molecule has 3 aromatic carbocycles. The number of nitrogens with zero attached hydrogens (tertiary/aromatic N) is 2. The normalized spacial score (nSPS) is 10.7. The summed E-state index contributed by atoms with van der Waals surface area (Å²) < 4.78 is 18.0. The summed E-state index contributed by atoms with van der Waals surface area (Å²) in [4.78, 5) is 0. The first-order valence-corrected chi connectivity index (χ1v) is 8.74. The molecule has 3 nitrogen and oxygen atoms in total. The molecular formula is C22H20BrFN3-. The van der Waals surface area contributed by atoms with Crippen molar-refractivity contribution in [3.63, 3.8) is 0 Å². The van der Waals surface area contributed by atoms with Crippen molar-refractivity contribution in [2.75, 3.05) is 0 Å².